The molecule has 0 saturated carbocycles. The van der Waals surface area contributed by atoms with Crippen molar-refractivity contribution in [3.8, 4) is 11.4 Å². The lowest BCUT2D eigenvalue weighted by molar-refractivity contribution is -0.118. The van der Waals surface area contributed by atoms with Crippen LogP contribution < -0.4 is 15.7 Å². The highest BCUT2D eigenvalue weighted by molar-refractivity contribution is 7.99. The molecule has 166 valence electrons. The minimum absolute atomic E-state index is 0.0216. The maximum Gasteiger partial charge on any atom is 0.266 e. The van der Waals surface area contributed by atoms with E-state index in [1.54, 1.807) is 67.8 Å². The smallest absolute Gasteiger partial charge is 0.266 e. The lowest BCUT2D eigenvalue weighted by Gasteiger charge is -2.13. The van der Waals surface area contributed by atoms with Gasteiger partial charge in [0.1, 0.15) is 5.75 Å². The molecule has 33 heavy (non-hydrogen) atoms. The Morgan fingerprint density at radius 1 is 1.15 bits per heavy atom. The van der Waals surface area contributed by atoms with E-state index in [1.165, 1.54) is 10.8 Å². The summed E-state index contributed by atoms with van der Waals surface area (Å²) in [5.41, 5.74) is 4.22. The standard InChI is InChI=1S/C24H19ClN4O3S/c1-32-19-11-9-18(10-12-19)29-23(31)20-7-2-3-8-21(20)27-24(29)33-15-22(30)28-26-14-16-5-4-6-17(25)13-16/h2-14H,15H2,1H3,(H,28,30)/b26-14+. The number of nitrogens with one attached hydrogen (secondary N) is 1. The monoisotopic (exact) mass is 478 g/mol. The van der Waals surface area contributed by atoms with E-state index in [2.05, 4.69) is 15.5 Å². The van der Waals surface area contributed by atoms with Crippen molar-refractivity contribution in [3.63, 3.8) is 0 Å². The van der Waals surface area contributed by atoms with Crippen LogP contribution >= 0.6 is 23.4 Å². The highest BCUT2D eigenvalue weighted by Gasteiger charge is 2.15. The van der Waals surface area contributed by atoms with Crippen molar-refractivity contribution < 1.29 is 9.53 Å². The van der Waals surface area contributed by atoms with Crippen LogP contribution in [-0.4, -0.2) is 34.5 Å². The molecule has 0 aliphatic rings. The molecular formula is C24H19ClN4O3S. The highest BCUT2D eigenvalue weighted by Crippen LogP contribution is 2.22. The molecule has 0 bridgehead atoms. The molecule has 1 aromatic heterocycles. The first-order valence-corrected chi connectivity index (χ1v) is 11.3. The highest BCUT2D eigenvalue weighted by atomic mass is 35.5. The number of carbonyl (C=O) groups is 1. The van der Waals surface area contributed by atoms with Crippen LogP contribution in [0.2, 0.25) is 5.02 Å². The SMILES string of the molecule is COc1ccc(-n2c(SCC(=O)N/N=C/c3cccc(Cl)c3)nc3ccccc3c2=O)cc1. The van der Waals surface area contributed by atoms with Crippen LogP contribution in [0.5, 0.6) is 5.75 Å². The maximum absolute atomic E-state index is 13.2. The number of thioether (sulfide) groups is 1. The maximum atomic E-state index is 13.2. The molecule has 1 amide bonds. The second-order valence-electron chi connectivity index (χ2n) is 6.89. The summed E-state index contributed by atoms with van der Waals surface area (Å²) < 4.78 is 6.70. The van der Waals surface area contributed by atoms with Crippen LogP contribution in [-0.2, 0) is 4.79 Å². The Labute approximate surface area is 199 Å². The van der Waals surface area contributed by atoms with Crippen LogP contribution in [0.25, 0.3) is 16.6 Å². The summed E-state index contributed by atoms with van der Waals surface area (Å²) in [5, 5.41) is 5.44. The number of hydrogen-bond donors (Lipinski definition) is 1. The van der Waals surface area contributed by atoms with Crippen LogP contribution in [0, 0.1) is 0 Å². The van der Waals surface area contributed by atoms with Gasteiger partial charge in [0.05, 0.1) is 35.7 Å². The summed E-state index contributed by atoms with van der Waals surface area (Å²) in [7, 11) is 1.58. The number of amides is 1. The minimum Gasteiger partial charge on any atom is -0.497 e. The first-order valence-electron chi connectivity index (χ1n) is 9.91. The average Bonchev–Trinajstić information content (AvgIpc) is 2.83. The Morgan fingerprint density at radius 3 is 2.70 bits per heavy atom. The number of halogens is 1. The first-order chi connectivity index (χ1) is 16.0. The Balaban J connectivity index is 1.57. The zero-order valence-corrected chi connectivity index (χ0v) is 19.1. The van der Waals surface area contributed by atoms with Gasteiger partial charge in [-0.3, -0.25) is 14.2 Å². The van der Waals surface area contributed by atoms with Gasteiger partial charge in [0.25, 0.3) is 11.5 Å². The van der Waals surface area contributed by atoms with Crippen LogP contribution in [0.4, 0.5) is 0 Å². The third kappa shape index (κ3) is 5.42. The number of rotatable bonds is 7. The molecule has 9 heteroatoms. The zero-order valence-electron chi connectivity index (χ0n) is 17.6. The molecule has 0 unspecified atom stereocenters. The van der Waals surface area contributed by atoms with E-state index in [1.807, 2.05) is 12.1 Å². The normalized spacial score (nSPS) is 11.1. The summed E-state index contributed by atoms with van der Waals surface area (Å²) in [6.45, 7) is 0. The molecule has 1 N–H and O–H groups in total. The lowest BCUT2D eigenvalue weighted by atomic mass is 10.2. The van der Waals surface area contributed by atoms with Crippen LogP contribution in [0.1, 0.15) is 5.56 Å². The molecule has 0 spiro atoms. The van der Waals surface area contributed by atoms with E-state index in [-0.39, 0.29) is 17.2 Å². The number of nitrogens with zero attached hydrogens (tertiary/aromatic N) is 3. The van der Waals surface area contributed by atoms with Crippen molar-refractivity contribution in [3.05, 3.63) is 93.7 Å². The Bertz CT molecular complexity index is 1390. The molecule has 0 radical (unpaired) electrons. The molecule has 1 heterocycles. The third-order valence-electron chi connectivity index (χ3n) is 4.66. The molecule has 0 aliphatic heterocycles. The van der Waals surface area contributed by atoms with E-state index in [4.69, 9.17) is 16.3 Å². The second-order valence-corrected chi connectivity index (χ2v) is 8.27. The molecular weight excluding hydrogens is 460 g/mol. The van der Waals surface area contributed by atoms with Gasteiger partial charge in [-0.2, -0.15) is 5.10 Å². The minimum atomic E-state index is -0.332. The van der Waals surface area contributed by atoms with Gasteiger partial charge in [0.15, 0.2) is 5.16 Å². The van der Waals surface area contributed by atoms with E-state index >= 15 is 0 Å². The van der Waals surface area contributed by atoms with Crippen molar-refractivity contribution in [2.75, 3.05) is 12.9 Å². The summed E-state index contributed by atoms with van der Waals surface area (Å²) >= 11 is 7.10. The topological polar surface area (TPSA) is 85.6 Å². The summed E-state index contributed by atoms with van der Waals surface area (Å²) in [4.78, 5) is 30.2. The summed E-state index contributed by atoms with van der Waals surface area (Å²) in [5.74, 6) is 0.363. The molecule has 3 aromatic carbocycles. The largest absolute Gasteiger partial charge is 0.497 e. The third-order valence-corrected chi connectivity index (χ3v) is 5.83. The number of aromatic nitrogens is 2. The van der Waals surface area contributed by atoms with Gasteiger partial charge < -0.3 is 4.74 Å². The molecule has 0 fully saturated rings. The summed E-state index contributed by atoms with van der Waals surface area (Å²) in [6, 6.07) is 21.3. The molecule has 0 saturated heterocycles. The van der Waals surface area contributed by atoms with Gasteiger partial charge in [0, 0.05) is 5.02 Å². The van der Waals surface area contributed by atoms with Gasteiger partial charge in [-0.05, 0) is 54.1 Å². The van der Waals surface area contributed by atoms with Gasteiger partial charge in [-0.15, -0.1) is 0 Å². The number of fused-ring (bicyclic) bond motifs is 1. The summed E-state index contributed by atoms with van der Waals surface area (Å²) in [6.07, 6.45) is 1.51. The Kier molecular flexibility index (Phi) is 7.07. The number of hydrazone groups is 1. The predicted molar refractivity (Wildman–Crippen MR) is 132 cm³/mol. The number of para-hydroxylation sites is 1. The molecule has 4 aromatic rings. The van der Waals surface area contributed by atoms with E-state index in [0.29, 0.717) is 32.5 Å². The molecule has 0 atom stereocenters. The fourth-order valence-electron chi connectivity index (χ4n) is 3.10. The van der Waals surface area contributed by atoms with E-state index in [0.717, 1.165) is 17.3 Å². The number of hydrogen-bond acceptors (Lipinski definition) is 6. The van der Waals surface area contributed by atoms with Gasteiger partial charge >= 0.3 is 0 Å². The quantitative estimate of drug-likeness (QED) is 0.185. The van der Waals surface area contributed by atoms with Crippen LogP contribution in [0.3, 0.4) is 0 Å². The Hall–Kier alpha value is -3.62. The predicted octanol–water partition coefficient (Wildman–Crippen LogP) is 4.29. The van der Waals surface area contributed by atoms with Crippen molar-refractivity contribution >= 4 is 46.4 Å². The first kappa shape index (κ1) is 22.6. The van der Waals surface area contributed by atoms with Gasteiger partial charge in [-0.25, -0.2) is 10.4 Å². The van der Waals surface area contributed by atoms with Crippen molar-refractivity contribution in [1.29, 1.82) is 0 Å². The van der Waals surface area contributed by atoms with Crippen molar-refractivity contribution in [1.82, 2.24) is 15.0 Å². The number of ether oxygens (including phenoxy) is 1. The number of carbonyl (C=O) groups excluding carboxylic acids is 1. The Morgan fingerprint density at radius 2 is 1.94 bits per heavy atom. The molecule has 0 aliphatic carbocycles. The van der Waals surface area contributed by atoms with E-state index < -0.39 is 0 Å². The fourth-order valence-corrected chi connectivity index (χ4v) is 4.10. The van der Waals surface area contributed by atoms with Gasteiger partial charge in [0.2, 0.25) is 0 Å². The van der Waals surface area contributed by atoms with E-state index in [9.17, 15) is 9.59 Å². The zero-order chi connectivity index (χ0) is 23.2. The van der Waals surface area contributed by atoms with Crippen molar-refractivity contribution in [2.45, 2.75) is 5.16 Å². The van der Waals surface area contributed by atoms with Crippen LogP contribution in [0.15, 0.2) is 87.8 Å². The van der Waals surface area contributed by atoms with Crippen molar-refractivity contribution in [2.24, 2.45) is 5.10 Å². The fraction of sp³-hybridized carbons (Fsp3) is 0.0833. The average molecular weight is 479 g/mol. The lowest BCUT2D eigenvalue weighted by Crippen LogP contribution is -2.24. The van der Waals surface area contributed by atoms with Gasteiger partial charge in [-0.1, -0.05) is 47.6 Å². The molecule has 7 nitrogen and oxygen atoms in total. The second kappa shape index (κ2) is 10.3. The number of benzene rings is 3. The molecule has 4 rings (SSSR count). The number of methoxy groups -OCH3 is 1.